The maximum absolute atomic E-state index is 14.1. The Hall–Kier alpha value is -4.12. The summed E-state index contributed by atoms with van der Waals surface area (Å²) in [7, 11) is 0. The van der Waals surface area contributed by atoms with Crippen molar-refractivity contribution in [1.82, 2.24) is 14.8 Å². The third kappa shape index (κ3) is 4.89. The number of aliphatic hydroxyl groups is 1. The predicted molar refractivity (Wildman–Crippen MR) is 129 cm³/mol. The third-order valence-electron chi connectivity index (χ3n) is 6.77. The van der Waals surface area contributed by atoms with Crippen molar-refractivity contribution < 1.29 is 32.6 Å². The Balaban J connectivity index is 1.53. The molecule has 1 saturated heterocycles. The maximum atomic E-state index is 14.1. The molecule has 1 aromatic heterocycles. The molecule has 2 aromatic carbocycles. The molecule has 5 rings (SSSR count). The summed E-state index contributed by atoms with van der Waals surface area (Å²) in [6.07, 6.45) is 1.40. The summed E-state index contributed by atoms with van der Waals surface area (Å²) in [5.74, 6) is -5.24. The molecule has 0 saturated carbocycles. The van der Waals surface area contributed by atoms with Gasteiger partial charge in [-0.25, -0.2) is 13.2 Å². The predicted octanol–water partition coefficient (Wildman–Crippen LogP) is 2.93. The van der Waals surface area contributed by atoms with E-state index < -0.39 is 52.9 Å². The fraction of sp³-hybridized carbons (Fsp3) is 0.296. The van der Waals surface area contributed by atoms with Gasteiger partial charge < -0.3 is 24.6 Å². The first-order valence-electron chi connectivity index (χ1n) is 12.1. The quantitative estimate of drug-likeness (QED) is 0.514. The van der Waals surface area contributed by atoms with Crippen LogP contribution in [0.2, 0.25) is 0 Å². The van der Waals surface area contributed by atoms with Gasteiger partial charge in [0, 0.05) is 43.5 Å². The fourth-order valence-electron chi connectivity index (χ4n) is 4.83. The number of benzene rings is 2. The Labute approximate surface area is 215 Å². The lowest BCUT2D eigenvalue weighted by Crippen LogP contribution is -2.46. The van der Waals surface area contributed by atoms with Crippen molar-refractivity contribution in [3.63, 3.8) is 0 Å². The molecule has 2 aliphatic heterocycles. The summed E-state index contributed by atoms with van der Waals surface area (Å²) in [5, 5.41) is 12.6. The fourth-order valence-corrected chi connectivity index (χ4v) is 4.83. The van der Waals surface area contributed by atoms with E-state index in [0.717, 1.165) is 5.56 Å². The number of hydrogen-bond acceptors (Lipinski definition) is 5. The zero-order valence-corrected chi connectivity index (χ0v) is 20.1. The molecule has 3 heterocycles. The highest BCUT2D eigenvalue weighted by atomic mass is 19.1. The average Bonchev–Trinajstić information content (AvgIpc) is 3.06. The molecule has 2 N–H and O–H groups in total. The number of carbonyl (C=O) groups is 2. The van der Waals surface area contributed by atoms with Crippen molar-refractivity contribution in [2.45, 2.75) is 38.1 Å². The topological polar surface area (TPSA) is 101 Å². The molecule has 2 bridgehead atoms. The van der Waals surface area contributed by atoms with Crippen LogP contribution in [0.5, 0.6) is 5.75 Å². The minimum absolute atomic E-state index is 0.0246. The number of aromatic nitrogens is 1. The van der Waals surface area contributed by atoms with E-state index in [9.17, 15) is 32.7 Å². The SMILES string of the molecule is O=C(NCc1c(F)cc(F)cc1F)c1cn2c(c(OCc3ccccc3)c1=O)C(=O)N1C[C@H](O)CC[C@H]2C1. The summed E-state index contributed by atoms with van der Waals surface area (Å²) in [6, 6.07) is 9.57. The highest BCUT2D eigenvalue weighted by Crippen LogP contribution is 2.32. The van der Waals surface area contributed by atoms with E-state index >= 15 is 0 Å². The normalized spacial score (nSPS) is 18.5. The van der Waals surface area contributed by atoms with Gasteiger partial charge in [0.15, 0.2) is 11.4 Å². The zero-order chi connectivity index (χ0) is 27.0. The molecule has 0 aliphatic carbocycles. The Morgan fingerprint density at radius 1 is 1.05 bits per heavy atom. The van der Waals surface area contributed by atoms with E-state index in [0.29, 0.717) is 25.0 Å². The molecule has 8 nitrogen and oxygen atoms in total. The minimum atomic E-state index is -1.18. The van der Waals surface area contributed by atoms with Crippen LogP contribution in [0.25, 0.3) is 0 Å². The Morgan fingerprint density at radius 2 is 1.76 bits per heavy atom. The first-order chi connectivity index (χ1) is 18.2. The van der Waals surface area contributed by atoms with Gasteiger partial charge in [0.2, 0.25) is 5.43 Å². The average molecular weight is 527 g/mol. The van der Waals surface area contributed by atoms with E-state index in [4.69, 9.17) is 4.74 Å². The summed E-state index contributed by atoms with van der Waals surface area (Å²) >= 11 is 0. The molecular formula is C27H24F3N3O5. The van der Waals surface area contributed by atoms with Gasteiger partial charge >= 0.3 is 0 Å². The number of ether oxygens (including phenoxy) is 1. The summed E-state index contributed by atoms with van der Waals surface area (Å²) < 4.78 is 48.7. The Bertz CT molecular complexity index is 1440. The van der Waals surface area contributed by atoms with Gasteiger partial charge in [0.1, 0.15) is 29.6 Å². The first kappa shape index (κ1) is 25.5. The minimum Gasteiger partial charge on any atom is -0.483 e. The van der Waals surface area contributed by atoms with Crippen LogP contribution in [0.3, 0.4) is 0 Å². The number of pyridine rings is 1. The van der Waals surface area contributed by atoms with Crippen molar-refractivity contribution in [3.05, 3.63) is 98.7 Å². The van der Waals surface area contributed by atoms with Crippen LogP contribution >= 0.6 is 0 Å². The molecule has 198 valence electrons. The second-order valence-electron chi connectivity index (χ2n) is 9.36. The number of carbonyl (C=O) groups excluding carboxylic acids is 2. The van der Waals surface area contributed by atoms with E-state index in [2.05, 4.69) is 5.32 Å². The second-order valence-corrected chi connectivity index (χ2v) is 9.36. The van der Waals surface area contributed by atoms with Crippen molar-refractivity contribution >= 4 is 11.8 Å². The molecule has 3 aromatic rings. The number of amides is 2. The van der Waals surface area contributed by atoms with Gasteiger partial charge in [0.05, 0.1) is 12.1 Å². The van der Waals surface area contributed by atoms with Crippen LogP contribution in [0.15, 0.2) is 53.5 Å². The molecule has 2 aliphatic rings. The number of nitrogens with one attached hydrogen (secondary N) is 1. The van der Waals surface area contributed by atoms with E-state index in [1.807, 2.05) is 6.07 Å². The Morgan fingerprint density at radius 3 is 2.47 bits per heavy atom. The third-order valence-corrected chi connectivity index (χ3v) is 6.77. The van der Waals surface area contributed by atoms with Crippen LogP contribution in [0.4, 0.5) is 13.2 Å². The molecule has 1 fully saturated rings. The van der Waals surface area contributed by atoms with Gasteiger partial charge in [0.25, 0.3) is 11.8 Å². The molecule has 0 spiro atoms. The van der Waals surface area contributed by atoms with Gasteiger partial charge in [-0.1, -0.05) is 30.3 Å². The number of nitrogens with zero attached hydrogens (tertiary/aromatic N) is 2. The monoisotopic (exact) mass is 527 g/mol. The Kier molecular flexibility index (Phi) is 6.94. The maximum Gasteiger partial charge on any atom is 0.274 e. The lowest BCUT2D eigenvalue weighted by molar-refractivity contribution is 0.0586. The second kappa shape index (κ2) is 10.3. The summed E-state index contributed by atoms with van der Waals surface area (Å²) in [6.45, 7) is -0.309. The van der Waals surface area contributed by atoms with E-state index in [-0.39, 0.29) is 42.7 Å². The highest BCUT2D eigenvalue weighted by Gasteiger charge is 2.38. The van der Waals surface area contributed by atoms with Crippen LogP contribution in [-0.4, -0.2) is 45.6 Å². The van der Waals surface area contributed by atoms with Gasteiger partial charge in [-0.2, -0.15) is 0 Å². The first-order valence-corrected chi connectivity index (χ1v) is 12.1. The number of hydrogen-bond donors (Lipinski definition) is 2. The largest absolute Gasteiger partial charge is 0.483 e. The van der Waals surface area contributed by atoms with Crippen LogP contribution in [0.1, 0.15) is 50.9 Å². The lowest BCUT2D eigenvalue weighted by Gasteiger charge is -2.35. The summed E-state index contributed by atoms with van der Waals surface area (Å²) in [5.41, 5.74) is -1.12. The summed E-state index contributed by atoms with van der Waals surface area (Å²) in [4.78, 5) is 41.4. The van der Waals surface area contributed by atoms with Crippen LogP contribution in [0, 0.1) is 17.5 Å². The smallest absolute Gasteiger partial charge is 0.274 e. The zero-order valence-electron chi connectivity index (χ0n) is 20.1. The van der Waals surface area contributed by atoms with Crippen molar-refractivity contribution in [2.24, 2.45) is 0 Å². The van der Waals surface area contributed by atoms with Gasteiger partial charge in [-0.15, -0.1) is 0 Å². The van der Waals surface area contributed by atoms with Crippen molar-refractivity contribution in [2.75, 3.05) is 13.1 Å². The molecule has 0 radical (unpaired) electrons. The van der Waals surface area contributed by atoms with Crippen molar-refractivity contribution in [1.29, 1.82) is 0 Å². The van der Waals surface area contributed by atoms with E-state index in [1.54, 1.807) is 24.3 Å². The lowest BCUT2D eigenvalue weighted by atomic mass is 10.0. The van der Waals surface area contributed by atoms with E-state index in [1.165, 1.54) is 15.7 Å². The number of fused-ring (bicyclic) bond motifs is 4. The van der Waals surface area contributed by atoms with Crippen molar-refractivity contribution in [3.8, 4) is 5.75 Å². The van der Waals surface area contributed by atoms with Crippen LogP contribution in [-0.2, 0) is 13.2 Å². The number of halogens is 3. The molecule has 11 heteroatoms. The highest BCUT2D eigenvalue weighted by molar-refractivity contribution is 5.99. The van der Waals surface area contributed by atoms with Crippen LogP contribution < -0.4 is 15.5 Å². The van der Waals surface area contributed by atoms with Gasteiger partial charge in [-0.05, 0) is 18.4 Å². The molecule has 0 unspecified atom stereocenters. The molecule has 2 atom stereocenters. The molecule has 2 amide bonds. The molecular weight excluding hydrogens is 503 g/mol. The van der Waals surface area contributed by atoms with Gasteiger partial charge in [-0.3, -0.25) is 14.4 Å². The number of rotatable bonds is 6. The number of aliphatic hydroxyl groups excluding tert-OH is 1. The molecule has 38 heavy (non-hydrogen) atoms. The standard InChI is InChI=1S/C27H24F3N3O5/c28-16-8-21(29)19(22(30)9-16)10-31-26(36)20-13-33-17-6-7-18(34)12-32(11-17)27(37)23(33)25(24(20)35)38-14-15-4-2-1-3-5-15/h1-5,8-9,13,17-18,34H,6-7,10-12,14H2,(H,31,36)/t17-,18+/m0/s1.